The van der Waals surface area contributed by atoms with E-state index >= 15 is 0 Å². The SMILES string of the molecule is CCN(CC)CCCNC(C)C(=O)NC1CCCC1. The third-order valence-corrected chi connectivity index (χ3v) is 4.09. The second-order valence-electron chi connectivity index (χ2n) is 5.55. The van der Waals surface area contributed by atoms with Crippen molar-refractivity contribution >= 4 is 5.91 Å². The molecule has 0 heterocycles. The Labute approximate surface area is 118 Å². The van der Waals surface area contributed by atoms with Crippen LogP contribution in [0, 0.1) is 0 Å². The van der Waals surface area contributed by atoms with E-state index in [4.69, 9.17) is 0 Å². The second-order valence-corrected chi connectivity index (χ2v) is 5.55. The monoisotopic (exact) mass is 269 g/mol. The molecule has 0 aromatic carbocycles. The predicted octanol–water partition coefficient (Wildman–Crippen LogP) is 1.76. The molecule has 0 bridgehead atoms. The highest BCUT2D eigenvalue weighted by molar-refractivity contribution is 5.81. The van der Waals surface area contributed by atoms with E-state index in [0.29, 0.717) is 6.04 Å². The van der Waals surface area contributed by atoms with Crippen molar-refractivity contribution in [1.82, 2.24) is 15.5 Å². The van der Waals surface area contributed by atoms with Crippen LogP contribution in [0.15, 0.2) is 0 Å². The zero-order valence-corrected chi connectivity index (χ0v) is 12.9. The molecule has 1 rings (SSSR count). The van der Waals surface area contributed by atoms with Crippen LogP contribution in [0.2, 0.25) is 0 Å². The second kappa shape index (κ2) is 9.32. The summed E-state index contributed by atoms with van der Waals surface area (Å²) in [5.41, 5.74) is 0. The summed E-state index contributed by atoms with van der Waals surface area (Å²) in [5.74, 6) is 0.162. The summed E-state index contributed by atoms with van der Waals surface area (Å²) >= 11 is 0. The highest BCUT2D eigenvalue weighted by Gasteiger charge is 2.19. The maximum atomic E-state index is 12.0. The van der Waals surface area contributed by atoms with Crippen molar-refractivity contribution in [3.8, 4) is 0 Å². The van der Waals surface area contributed by atoms with E-state index in [1.54, 1.807) is 0 Å². The van der Waals surface area contributed by atoms with Crippen LogP contribution in [-0.2, 0) is 4.79 Å². The van der Waals surface area contributed by atoms with Gasteiger partial charge in [0.2, 0.25) is 5.91 Å². The van der Waals surface area contributed by atoms with Gasteiger partial charge in [-0.1, -0.05) is 26.7 Å². The number of carbonyl (C=O) groups excluding carboxylic acids is 1. The van der Waals surface area contributed by atoms with E-state index in [2.05, 4.69) is 29.4 Å². The first-order valence-electron chi connectivity index (χ1n) is 7.93. The highest BCUT2D eigenvalue weighted by atomic mass is 16.2. The fourth-order valence-electron chi connectivity index (χ4n) is 2.65. The molecule has 1 fully saturated rings. The van der Waals surface area contributed by atoms with Gasteiger partial charge in [0.15, 0.2) is 0 Å². The predicted molar refractivity (Wildman–Crippen MR) is 80.3 cm³/mol. The number of hydrogen-bond acceptors (Lipinski definition) is 3. The Morgan fingerprint density at radius 2 is 1.89 bits per heavy atom. The maximum absolute atomic E-state index is 12.0. The first-order valence-corrected chi connectivity index (χ1v) is 7.93. The van der Waals surface area contributed by atoms with Crippen LogP contribution in [0.5, 0.6) is 0 Å². The average molecular weight is 269 g/mol. The fourth-order valence-corrected chi connectivity index (χ4v) is 2.65. The molecule has 19 heavy (non-hydrogen) atoms. The molecule has 1 atom stereocenters. The standard InChI is InChI=1S/C15H31N3O/c1-4-18(5-2)12-8-11-16-13(3)15(19)17-14-9-6-7-10-14/h13-14,16H,4-12H2,1-3H3,(H,17,19). The van der Waals surface area contributed by atoms with Crippen molar-refractivity contribution < 1.29 is 4.79 Å². The van der Waals surface area contributed by atoms with Gasteiger partial charge in [0.25, 0.3) is 0 Å². The van der Waals surface area contributed by atoms with Crippen molar-refractivity contribution in [2.45, 2.75) is 65.0 Å². The minimum atomic E-state index is -0.0719. The van der Waals surface area contributed by atoms with Crippen LogP contribution in [0.3, 0.4) is 0 Å². The zero-order valence-electron chi connectivity index (χ0n) is 12.9. The van der Waals surface area contributed by atoms with Gasteiger partial charge in [-0.15, -0.1) is 0 Å². The van der Waals surface area contributed by atoms with E-state index < -0.39 is 0 Å². The third kappa shape index (κ3) is 6.39. The van der Waals surface area contributed by atoms with E-state index in [-0.39, 0.29) is 11.9 Å². The third-order valence-electron chi connectivity index (χ3n) is 4.09. The van der Waals surface area contributed by atoms with E-state index in [1.165, 1.54) is 12.8 Å². The molecular formula is C15H31N3O. The van der Waals surface area contributed by atoms with Crippen LogP contribution >= 0.6 is 0 Å². The van der Waals surface area contributed by atoms with Crippen LogP contribution in [0.4, 0.5) is 0 Å². The van der Waals surface area contributed by atoms with Gasteiger partial charge in [0.05, 0.1) is 6.04 Å². The lowest BCUT2D eigenvalue weighted by Crippen LogP contribution is -2.46. The van der Waals surface area contributed by atoms with Crippen LogP contribution in [0.25, 0.3) is 0 Å². The average Bonchev–Trinajstić information content (AvgIpc) is 2.91. The largest absolute Gasteiger partial charge is 0.352 e. The minimum absolute atomic E-state index is 0.0719. The summed E-state index contributed by atoms with van der Waals surface area (Å²) in [7, 11) is 0. The van der Waals surface area contributed by atoms with Gasteiger partial charge in [-0.3, -0.25) is 4.79 Å². The first-order chi connectivity index (χ1) is 9.17. The van der Waals surface area contributed by atoms with Crippen LogP contribution in [0.1, 0.15) is 52.9 Å². The summed E-state index contributed by atoms with van der Waals surface area (Å²) in [5, 5.41) is 6.46. The molecule has 0 aromatic rings. The lowest BCUT2D eigenvalue weighted by molar-refractivity contribution is -0.123. The number of nitrogens with zero attached hydrogens (tertiary/aromatic N) is 1. The van der Waals surface area contributed by atoms with Crippen LogP contribution < -0.4 is 10.6 Å². The molecule has 4 heteroatoms. The Morgan fingerprint density at radius 1 is 1.26 bits per heavy atom. The molecule has 0 spiro atoms. The molecular weight excluding hydrogens is 238 g/mol. The lowest BCUT2D eigenvalue weighted by Gasteiger charge is -2.20. The summed E-state index contributed by atoms with van der Waals surface area (Å²) < 4.78 is 0. The Kier molecular flexibility index (Phi) is 8.07. The van der Waals surface area contributed by atoms with Gasteiger partial charge >= 0.3 is 0 Å². The molecule has 1 aliphatic rings. The molecule has 112 valence electrons. The van der Waals surface area contributed by atoms with Crippen LogP contribution in [-0.4, -0.2) is 49.1 Å². The molecule has 0 aliphatic heterocycles. The Morgan fingerprint density at radius 3 is 2.47 bits per heavy atom. The van der Waals surface area contributed by atoms with Gasteiger partial charge in [0.1, 0.15) is 0 Å². The van der Waals surface area contributed by atoms with Gasteiger partial charge < -0.3 is 15.5 Å². The summed E-state index contributed by atoms with van der Waals surface area (Å²) in [4.78, 5) is 14.4. The van der Waals surface area contributed by atoms with Crippen molar-refractivity contribution in [2.24, 2.45) is 0 Å². The molecule has 0 saturated heterocycles. The molecule has 1 amide bonds. The van der Waals surface area contributed by atoms with E-state index in [9.17, 15) is 4.79 Å². The lowest BCUT2D eigenvalue weighted by atomic mass is 10.2. The van der Waals surface area contributed by atoms with Crippen molar-refractivity contribution in [3.05, 3.63) is 0 Å². The normalized spacial score (nSPS) is 17.9. The zero-order chi connectivity index (χ0) is 14.1. The fraction of sp³-hybridized carbons (Fsp3) is 0.933. The Bertz CT molecular complexity index is 248. The topological polar surface area (TPSA) is 44.4 Å². The first kappa shape index (κ1) is 16.4. The summed E-state index contributed by atoms with van der Waals surface area (Å²) in [6.07, 6.45) is 5.93. The van der Waals surface area contributed by atoms with Gasteiger partial charge in [0, 0.05) is 6.04 Å². The number of nitrogens with one attached hydrogen (secondary N) is 2. The molecule has 0 radical (unpaired) electrons. The van der Waals surface area contributed by atoms with E-state index in [0.717, 1.165) is 45.4 Å². The van der Waals surface area contributed by atoms with Crippen molar-refractivity contribution in [3.63, 3.8) is 0 Å². The van der Waals surface area contributed by atoms with Crippen molar-refractivity contribution in [2.75, 3.05) is 26.2 Å². The molecule has 1 aliphatic carbocycles. The number of carbonyl (C=O) groups is 1. The molecule has 2 N–H and O–H groups in total. The summed E-state index contributed by atoms with van der Waals surface area (Å²) in [6.45, 7) is 10.6. The molecule has 4 nitrogen and oxygen atoms in total. The number of rotatable bonds is 9. The highest BCUT2D eigenvalue weighted by Crippen LogP contribution is 2.17. The summed E-state index contributed by atoms with van der Waals surface area (Å²) in [6, 6.07) is 0.352. The van der Waals surface area contributed by atoms with Gasteiger partial charge in [-0.05, 0) is 52.4 Å². The van der Waals surface area contributed by atoms with Gasteiger partial charge in [-0.2, -0.15) is 0 Å². The quantitative estimate of drug-likeness (QED) is 0.627. The number of hydrogen-bond donors (Lipinski definition) is 2. The smallest absolute Gasteiger partial charge is 0.237 e. The molecule has 0 aromatic heterocycles. The molecule has 1 unspecified atom stereocenters. The minimum Gasteiger partial charge on any atom is -0.352 e. The Hall–Kier alpha value is -0.610. The van der Waals surface area contributed by atoms with Crippen molar-refractivity contribution in [1.29, 1.82) is 0 Å². The maximum Gasteiger partial charge on any atom is 0.237 e. The van der Waals surface area contributed by atoms with E-state index in [1.807, 2.05) is 6.92 Å². The van der Waals surface area contributed by atoms with Gasteiger partial charge in [-0.25, -0.2) is 0 Å². The number of amides is 1. The molecule has 1 saturated carbocycles. The Balaban J connectivity index is 2.08.